The lowest BCUT2D eigenvalue weighted by Gasteiger charge is -2.25. The lowest BCUT2D eigenvalue weighted by atomic mass is 9.88. The van der Waals surface area contributed by atoms with Crippen molar-refractivity contribution in [3.8, 4) is 0 Å². The molecule has 0 aromatic carbocycles. The van der Waals surface area contributed by atoms with E-state index in [1.54, 1.807) is 0 Å². The van der Waals surface area contributed by atoms with Crippen LogP contribution in [0.1, 0.15) is 52.4 Å². The highest BCUT2D eigenvalue weighted by molar-refractivity contribution is 5.79. The molecule has 1 aliphatic carbocycles. The van der Waals surface area contributed by atoms with Gasteiger partial charge in [0.25, 0.3) is 0 Å². The highest BCUT2D eigenvalue weighted by Gasteiger charge is 2.23. The lowest BCUT2D eigenvalue weighted by Crippen LogP contribution is -2.44. The minimum atomic E-state index is 0.162. The summed E-state index contributed by atoms with van der Waals surface area (Å²) in [4.78, 5) is 12.0. The third kappa shape index (κ3) is 4.52. The highest BCUT2D eigenvalue weighted by Crippen LogP contribution is 2.23. The molecule has 0 bridgehead atoms. The third-order valence-electron chi connectivity index (χ3n) is 3.36. The Morgan fingerprint density at radius 3 is 2.44 bits per heavy atom. The zero-order valence-corrected chi connectivity index (χ0v) is 10.7. The monoisotopic (exact) mass is 226 g/mol. The fourth-order valence-electron chi connectivity index (χ4n) is 2.47. The zero-order valence-electron chi connectivity index (χ0n) is 10.7. The van der Waals surface area contributed by atoms with Gasteiger partial charge in [0.05, 0.1) is 0 Å². The van der Waals surface area contributed by atoms with E-state index >= 15 is 0 Å². The molecule has 0 aliphatic heterocycles. The van der Waals surface area contributed by atoms with Crippen molar-refractivity contribution in [2.45, 2.75) is 58.4 Å². The van der Waals surface area contributed by atoms with Gasteiger partial charge in [0.15, 0.2) is 0 Å². The van der Waals surface area contributed by atoms with Crippen LogP contribution in [0.3, 0.4) is 0 Å². The topological polar surface area (TPSA) is 55.1 Å². The second kappa shape index (κ2) is 6.89. The summed E-state index contributed by atoms with van der Waals surface area (Å²) in [6.07, 6.45) is 6.80. The molecule has 0 aromatic heterocycles. The summed E-state index contributed by atoms with van der Waals surface area (Å²) in [5.41, 5.74) is 5.68. The van der Waals surface area contributed by atoms with Crippen molar-refractivity contribution in [1.82, 2.24) is 5.32 Å². The Labute approximate surface area is 99.2 Å². The van der Waals surface area contributed by atoms with Crippen LogP contribution < -0.4 is 11.1 Å². The molecule has 1 amide bonds. The first-order chi connectivity index (χ1) is 7.63. The van der Waals surface area contributed by atoms with Crippen LogP contribution in [0.15, 0.2) is 0 Å². The molecule has 1 unspecified atom stereocenters. The van der Waals surface area contributed by atoms with Crippen LogP contribution in [0.2, 0.25) is 0 Å². The number of hydrogen-bond donors (Lipinski definition) is 2. The van der Waals surface area contributed by atoms with E-state index in [0.29, 0.717) is 12.5 Å². The second-order valence-electron chi connectivity index (χ2n) is 5.41. The Morgan fingerprint density at radius 1 is 1.31 bits per heavy atom. The van der Waals surface area contributed by atoms with Crippen molar-refractivity contribution in [2.75, 3.05) is 6.54 Å². The second-order valence-corrected chi connectivity index (χ2v) is 5.41. The quantitative estimate of drug-likeness (QED) is 0.754. The minimum Gasteiger partial charge on any atom is -0.352 e. The summed E-state index contributed by atoms with van der Waals surface area (Å²) in [7, 11) is 0. The molecule has 3 heteroatoms. The van der Waals surface area contributed by atoms with Gasteiger partial charge in [-0.1, -0.05) is 33.1 Å². The van der Waals surface area contributed by atoms with Gasteiger partial charge in [0.2, 0.25) is 5.91 Å². The van der Waals surface area contributed by atoms with Gasteiger partial charge in [-0.25, -0.2) is 0 Å². The molecule has 3 nitrogen and oxygen atoms in total. The summed E-state index contributed by atoms with van der Waals surface area (Å²) in [5, 5.41) is 3.10. The fourth-order valence-corrected chi connectivity index (χ4v) is 2.47. The minimum absolute atomic E-state index is 0.162. The van der Waals surface area contributed by atoms with E-state index in [1.807, 2.05) is 0 Å². The maximum absolute atomic E-state index is 12.0. The molecule has 1 saturated carbocycles. The standard InChI is InChI=1S/C13H26N2O/c1-10(2)8-12(9-14)15-13(16)11-6-4-3-5-7-11/h10-12H,3-9,14H2,1-2H3,(H,15,16). The van der Waals surface area contributed by atoms with Crippen LogP contribution in [-0.4, -0.2) is 18.5 Å². The van der Waals surface area contributed by atoms with Crippen LogP contribution >= 0.6 is 0 Å². The van der Waals surface area contributed by atoms with Gasteiger partial charge in [-0.3, -0.25) is 4.79 Å². The first-order valence-electron chi connectivity index (χ1n) is 6.64. The fraction of sp³-hybridized carbons (Fsp3) is 0.923. The van der Waals surface area contributed by atoms with Crippen LogP contribution in [0.5, 0.6) is 0 Å². The molecule has 1 rings (SSSR count). The van der Waals surface area contributed by atoms with E-state index < -0.39 is 0 Å². The summed E-state index contributed by atoms with van der Waals surface area (Å²) >= 11 is 0. The van der Waals surface area contributed by atoms with Crippen LogP contribution in [0, 0.1) is 11.8 Å². The Hall–Kier alpha value is -0.570. The largest absolute Gasteiger partial charge is 0.352 e. The molecule has 0 heterocycles. The van der Waals surface area contributed by atoms with Gasteiger partial charge in [-0.05, 0) is 25.2 Å². The third-order valence-corrected chi connectivity index (χ3v) is 3.36. The zero-order chi connectivity index (χ0) is 12.0. The highest BCUT2D eigenvalue weighted by atomic mass is 16.1. The Kier molecular flexibility index (Phi) is 5.81. The number of amides is 1. The van der Waals surface area contributed by atoms with Crippen molar-refractivity contribution in [2.24, 2.45) is 17.6 Å². The Morgan fingerprint density at radius 2 is 1.94 bits per heavy atom. The van der Waals surface area contributed by atoms with Crippen molar-refractivity contribution in [1.29, 1.82) is 0 Å². The molecule has 16 heavy (non-hydrogen) atoms. The number of nitrogens with two attached hydrogens (primary N) is 1. The maximum Gasteiger partial charge on any atom is 0.223 e. The molecule has 1 atom stereocenters. The van der Waals surface area contributed by atoms with Crippen molar-refractivity contribution in [3.05, 3.63) is 0 Å². The van der Waals surface area contributed by atoms with E-state index in [1.165, 1.54) is 19.3 Å². The SMILES string of the molecule is CC(C)CC(CN)NC(=O)C1CCCCC1. The van der Waals surface area contributed by atoms with E-state index in [4.69, 9.17) is 5.73 Å². The lowest BCUT2D eigenvalue weighted by molar-refractivity contribution is -0.126. The van der Waals surface area contributed by atoms with Gasteiger partial charge < -0.3 is 11.1 Å². The molecule has 0 saturated heterocycles. The van der Waals surface area contributed by atoms with Gasteiger partial charge in [-0.15, -0.1) is 0 Å². The van der Waals surface area contributed by atoms with E-state index in [0.717, 1.165) is 19.3 Å². The van der Waals surface area contributed by atoms with Crippen molar-refractivity contribution in [3.63, 3.8) is 0 Å². The molecule has 0 aromatic rings. The summed E-state index contributed by atoms with van der Waals surface area (Å²) in [6, 6.07) is 0.162. The molecule has 1 fully saturated rings. The number of hydrogen-bond acceptors (Lipinski definition) is 2. The number of rotatable bonds is 5. The predicted octanol–water partition coefficient (Wildman–Crippen LogP) is 2.06. The molecule has 0 spiro atoms. The van der Waals surface area contributed by atoms with Crippen molar-refractivity contribution < 1.29 is 4.79 Å². The molecule has 0 radical (unpaired) electrons. The molecule has 1 aliphatic rings. The first kappa shape index (κ1) is 13.5. The van der Waals surface area contributed by atoms with Crippen LogP contribution in [0.25, 0.3) is 0 Å². The van der Waals surface area contributed by atoms with Gasteiger partial charge >= 0.3 is 0 Å². The summed E-state index contributed by atoms with van der Waals surface area (Å²) < 4.78 is 0. The Bertz CT molecular complexity index is 210. The van der Waals surface area contributed by atoms with E-state index in [9.17, 15) is 4.79 Å². The van der Waals surface area contributed by atoms with Gasteiger partial charge in [-0.2, -0.15) is 0 Å². The molecular formula is C13H26N2O. The number of nitrogens with one attached hydrogen (secondary N) is 1. The Balaban J connectivity index is 2.35. The van der Waals surface area contributed by atoms with Crippen LogP contribution in [0.4, 0.5) is 0 Å². The van der Waals surface area contributed by atoms with Gasteiger partial charge in [0, 0.05) is 18.5 Å². The average molecular weight is 226 g/mol. The first-order valence-corrected chi connectivity index (χ1v) is 6.64. The summed E-state index contributed by atoms with van der Waals surface area (Å²) in [5.74, 6) is 1.06. The maximum atomic E-state index is 12.0. The normalized spacial score (nSPS) is 19.8. The van der Waals surface area contributed by atoms with Crippen LogP contribution in [-0.2, 0) is 4.79 Å². The number of carbonyl (C=O) groups excluding carboxylic acids is 1. The molecule has 3 N–H and O–H groups in total. The van der Waals surface area contributed by atoms with E-state index in [2.05, 4.69) is 19.2 Å². The number of carbonyl (C=O) groups is 1. The summed E-state index contributed by atoms with van der Waals surface area (Å²) in [6.45, 7) is 4.88. The predicted molar refractivity (Wildman–Crippen MR) is 67.0 cm³/mol. The average Bonchev–Trinajstić information content (AvgIpc) is 2.28. The smallest absolute Gasteiger partial charge is 0.223 e. The molecule has 94 valence electrons. The van der Waals surface area contributed by atoms with E-state index in [-0.39, 0.29) is 17.9 Å². The molecular weight excluding hydrogens is 200 g/mol. The van der Waals surface area contributed by atoms with Crippen molar-refractivity contribution >= 4 is 5.91 Å². The van der Waals surface area contributed by atoms with Gasteiger partial charge in [0.1, 0.15) is 0 Å².